The van der Waals surface area contributed by atoms with Gasteiger partial charge >= 0.3 is 0 Å². The van der Waals surface area contributed by atoms with E-state index in [0.29, 0.717) is 11.8 Å². The number of carbonyl (C=O) groups is 2. The third kappa shape index (κ3) is 3.33. The maximum Gasteiger partial charge on any atom is 0.246 e. The average Bonchev–Trinajstić information content (AvgIpc) is 2.34. The van der Waals surface area contributed by atoms with Gasteiger partial charge in [0.15, 0.2) is 0 Å². The second-order valence-corrected chi connectivity index (χ2v) is 7.61. The van der Waals surface area contributed by atoms with Gasteiger partial charge in [-0.2, -0.15) is 0 Å². The van der Waals surface area contributed by atoms with Crippen molar-refractivity contribution in [2.24, 2.45) is 17.3 Å². The monoisotopic (exact) mass is 280 g/mol. The van der Waals surface area contributed by atoms with Crippen molar-refractivity contribution in [1.29, 1.82) is 0 Å². The van der Waals surface area contributed by atoms with Gasteiger partial charge in [-0.25, -0.2) is 0 Å². The van der Waals surface area contributed by atoms with Gasteiger partial charge in [-0.15, -0.1) is 0 Å². The van der Waals surface area contributed by atoms with E-state index < -0.39 is 0 Å². The molecule has 1 saturated heterocycles. The molecule has 4 heteroatoms. The molecule has 0 spiro atoms. The quantitative estimate of drug-likeness (QED) is 0.843. The fourth-order valence-electron chi connectivity index (χ4n) is 3.39. The Balaban J connectivity index is 2.06. The Morgan fingerprint density at radius 2 is 1.85 bits per heavy atom. The Morgan fingerprint density at radius 3 is 2.45 bits per heavy atom. The highest BCUT2D eigenvalue weighted by Gasteiger charge is 2.40. The lowest BCUT2D eigenvalue weighted by atomic mass is 9.79. The van der Waals surface area contributed by atoms with Gasteiger partial charge in [0.05, 0.1) is 6.54 Å². The number of hydrogen-bond acceptors (Lipinski definition) is 2. The summed E-state index contributed by atoms with van der Waals surface area (Å²) < 4.78 is 0. The van der Waals surface area contributed by atoms with Crippen LogP contribution in [0.3, 0.4) is 0 Å². The van der Waals surface area contributed by atoms with Gasteiger partial charge in [0.25, 0.3) is 0 Å². The Morgan fingerprint density at radius 1 is 1.20 bits per heavy atom. The van der Waals surface area contributed by atoms with Crippen LogP contribution in [0.25, 0.3) is 0 Å². The first-order valence-corrected chi connectivity index (χ1v) is 7.87. The van der Waals surface area contributed by atoms with Gasteiger partial charge in [0.2, 0.25) is 11.8 Å². The minimum atomic E-state index is -0.386. The highest BCUT2D eigenvalue weighted by Crippen LogP contribution is 2.31. The van der Waals surface area contributed by atoms with Crippen molar-refractivity contribution >= 4 is 11.8 Å². The zero-order valence-corrected chi connectivity index (χ0v) is 13.2. The molecule has 0 aromatic heterocycles. The van der Waals surface area contributed by atoms with Crippen LogP contribution in [-0.4, -0.2) is 35.8 Å². The number of piperazine rings is 1. The smallest absolute Gasteiger partial charge is 0.246 e. The van der Waals surface area contributed by atoms with Crippen molar-refractivity contribution in [3.05, 3.63) is 0 Å². The summed E-state index contributed by atoms with van der Waals surface area (Å²) in [5.41, 5.74) is -0.233. The minimum Gasteiger partial charge on any atom is -0.342 e. The molecule has 1 aliphatic heterocycles. The summed E-state index contributed by atoms with van der Waals surface area (Å²) in [6.07, 6.45) is 5.00. The van der Waals surface area contributed by atoms with Gasteiger partial charge < -0.3 is 10.2 Å². The summed E-state index contributed by atoms with van der Waals surface area (Å²) in [4.78, 5) is 26.3. The molecule has 1 saturated carbocycles. The van der Waals surface area contributed by atoms with Gasteiger partial charge in [-0.3, -0.25) is 9.59 Å². The summed E-state index contributed by atoms with van der Waals surface area (Å²) in [7, 11) is 0. The summed E-state index contributed by atoms with van der Waals surface area (Å²) in [5, 5.41) is 2.85. The standard InChI is InChI=1S/C16H28N2O2/c1-11-7-5-6-8-12(11)9-18-10-13(19)17-14(15(18)20)16(2,3)4/h11-12,14H,5-10H2,1-4H3,(H,17,19). The summed E-state index contributed by atoms with van der Waals surface area (Å²) in [6, 6.07) is -0.386. The molecule has 2 rings (SSSR count). The number of nitrogens with zero attached hydrogens (tertiary/aromatic N) is 1. The lowest BCUT2D eigenvalue weighted by molar-refractivity contribution is -0.148. The number of carbonyl (C=O) groups excluding carboxylic acids is 2. The molecule has 2 amide bonds. The van der Waals surface area contributed by atoms with Gasteiger partial charge in [0.1, 0.15) is 6.04 Å². The fourth-order valence-corrected chi connectivity index (χ4v) is 3.39. The zero-order valence-electron chi connectivity index (χ0n) is 13.2. The molecule has 20 heavy (non-hydrogen) atoms. The molecule has 0 aromatic carbocycles. The number of amides is 2. The largest absolute Gasteiger partial charge is 0.342 e. The van der Waals surface area contributed by atoms with Crippen molar-refractivity contribution in [1.82, 2.24) is 10.2 Å². The zero-order chi connectivity index (χ0) is 14.9. The molecule has 0 radical (unpaired) electrons. The normalized spacial score (nSPS) is 32.2. The average molecular weight is 280 g/mol. The Kier molecular flexibility index (Phi) is 4.40. The van der Waals surface area contributed by atoms with Crippen molar-refractivity contribution in [2.75, 3.05) is 13.1 Å². The van der Waals surface area contributed by atoms with E-state index in [-0.39, 0.29) is 29.8 Å². The molecule has 1 N–H and O–H groups in total. The van der Waals surface area contributed by atoms with E-state index in [9.17, 15) is 9.59 Å². The van der Waals surface area contributed by atoms with E-state index in [1.807, 2.05) is 20.8 Å². The van der Waals surface area contributed by atoms with Gasteiger partial charge in [-0.05, 0) is 23.7 Å². The van der Waals surface area contributed by atoms with Crippen molar-refractivity contribution in [3.63, 3.8) is 0 Å². The third-order valence-corrected chi connectivity index (χ3v) is 4.81. The predicted octanol–water partition coefficient (Wildman–Crippen LogP) is 2.19. The van der Waals surface area contributed by atoms with Crippen LogP contribution in [-0.2, 0) is 9.59 Å². The maximum absolute atomic E-state index is 12.6. The predicted molar refractivity (Wildman–Crippen MR) is 79.1 cm³/mol. The Labute approximate surface area is 122 Å². The Bertz CT molecular complexity index is 386. The molecule has 1 heterocycles. The molecule has 3 atom stereocenters. The summed E-state index contributed by atoms with van der Waals surface area (Å²) in [5.74, 6) is 1.29. The molecule has 1 aliphatic carbocycles. The molecule has 114 valence electrons. The van der Waals surface area contributed by atoms with E-state index in [1.165, 1.54) is 25.7 Å². The van der Waals surface area contributed by atoms with E-state index in [1.54, 1.807) is 4.90 Å². The second-order valence-electron chi connectivity index (χ2n) is 7.61. The molecule has 4 nitrogen and oxygen atoms in total. The highest BCUT2D eigenvalue weighted by atomic mass is 16.2. The molecule has 0 bridgehead atoms. The van der Waals surface area contributed by atoms with E-state index in [2.05, 4.69) is 12.2 Å². The van der Waals surface area contributed by atoms with E-state index in [0.717, 1.165) is 6.54 Å². The second kappa shape index (κ2) is 5.74. The lowest BCUT2D eigenvalue weighted by Gasteiger charge is -2.41. The van der Waals surface area contributed by atoms with Crippen molar-refractivity contribution in [3.8, 4) is 0 Å². The molecule has 3 unspecified atom stereocenters. The fraction of sp³-hybridized carbons (Fsp3) is 0.875. The van der Waals surface area contributed by atoms with Crippen molar-refractivity contribution < 1.29 is 9.59 Å². The third-order valence-electron chi connectivity index (χ3n) is 4.81. The summed E-state index contributed by atoms with van der Waals surface area (Å²) >= 11 is 0. The van der Waals surface area contributed by atoms with Crippen LogP contribution < -0.4 is 5.32 Å². The van der Waals surface area contributed by atoms with Crippen molar-refractivity contribution in [2.45, 2.75) is 59.4 Å². The highest BCUT2D eigenvalue weighted by molar-refractivity contribution is 5.95. The van der Waals surface area contributed by atoms with Gasteiger partial charge in [-0.1, -0.05) is 47.0 Å². The van der Waals surface area contributed by atoms with Crippen LogP contribution in [0, 0.1) is 17.3 Å². The topological polar surface area (TPSA) is 49.4 Å². The van der Waals surface area contributed by atoms with Crippen LogP contribution in [0.2, 0.25) is 0 Å². The van der Waals surface area contributed by atoms with Crippen LogP contribution in [0.1, 0.15) is 53.4 Å². The molecular weight excluding hydrogens is 252 g/mol. The first-order chi connectivity index (χ1) is 9.29. The molecule has 2 aliphatic rings. The lowest BCUT2D eigenvalue weighted by Crippen LogP contribution is -2.63. The van der Waals surface area contributed by atoms with Crippen LogP contribution in [0.5, 0.6) is 0 Å². The minimum absolute atomic E-state index is 0.0204. The molecule has 0 aromatic rings. The molecular formula is C16H28N2O2. The first kappa shape index (κ1) is 15.3. The Hall–Kier alpha value is -1.06. The maximum atomic E-state index is 12.6. The van der Waals surface area contributed by atoms with Crippen LogP contribution in [0.4, 0.5) is 0 Å². The number of rotatable bonds is 2. The molecule has 2 fully saturated rings. The van der Waals surface area contributed by atoms with E-state index >= 15 is 0 Å². The van der Waals surface area contributed by atoms with Crippen LogP contribution >= 0.6 is 0 Å². The van der Waals surface area contributed by atoms with Gasteiger partial charge in [0, 0.05) is 6.54 Å². The van der Waals surface area contributed by atoms with Crippen LogP contribution in [0.15, 0.2) is 0 Å². The first-order valence-electron chi connectivity index (χ1n) is 7.87. The summed E-state index contributed by atoms with van der Waals surface area (Å²) in [6.45, 7) is 9.27. The SMILES string of the molecule is CC1CCCCC1CN1CC(=O)NC(C(C)(C)C)C1=O. The van der Waals surface area contributed by atoms with E-state index in [4.69, 9.17) is 0 Å². The number of hydrogen-bond donors (Lipinski definition) is 1. The number of nitrogens with one attached hydrogen (secondary N) is 1.